The molecule has 6 nitrogen and oxygen atoms in total. The minimum absolute atomic E-state index is 0.0786. The van der Waals surface area contributed by atoms with E-state index in [9.17, 15) is 9.59 Å². The number of carboxylic acid groups (broad SMARTS) is 1. The van der Waals surface area contributed by atoms with Crippen LogP contribution in [0.15, 0.2) is 23.6 Å². The summed E-state index contributed by atoms with van der Waals surface area (Å²) < 4.78 is 5.24. The van der Waals surface area contributed by atoms with Crippen molar-refractivity contribution in [2.24, 2.45) is 0 Å². The average molecular weight is 327 g/mol. The third-order valence-corrected chi connectivity index (χ3v) is 3.61. The van der Waals surface area contributed by atoms with Crippen molar-refractivity contribution in [2.45, 2.75) is 6.92 Å². The van der Waals surface area contributed by atoms with Gasteiger partial charge >= 0.3 is 5.97 Å². The zero-order valence-electron chi connectivity index (χ0n) is 10.9. The van der Waals surface area contributed by atoms with Crippen molar-refractivity contribution in [1.82, 2.24) is 4.98 Å². The number of ether oxygens (including phenoxy) is 1. The fraction of sp³-hybridized carbons (Fsp3) is 0.154. The highest BCUT2D eigenvalue weighted by molar-refractivity contribution is 7.13. The third kappa shape index (κ3) is 4.17. The predicted octanol–water partition coefficient (Wildman–Crippen LogP) is 2.82. The topological polar surface area (TPSA) is 88.5 Å². The van der Waals surface area contributed by atoms with Crippen LogP contribution in [-0.4, -0.2) is 28.6 Å². The highest BCUT2D eigenvalue weighted by atomic mass is 35.5. The summed E-state index contributed by atoms with van der Waals surface area (Å²) in [5, 5.41) is 13.9. The van der Waals surface area contributed by atoms with Crippen LogP contribution in [0.5, 0.6) is 5.75 Å². The molecule has 21 heavy (non-hydrogen) atoms. The summed E-state index contributed by atoms with van der Waals surface area (Å²) in [6, 6.07) is 4.17. The Kier molecular flexibility index (Phi) is 4.77. The van der Waals surface area contributed by atoms with E-state index < -0.39 is 5.97 Å². The van der Waals surface area contributed by atoms with Gasteiger partial charge in [0, 0.05) is 5.38 Å². The van der Waals surface area contributed by atoms with Crippen molar-refractivity contribution < 1.29 is 19.4 Å². The molecule has 1 aromatic heterocycles. The lowest BCUT2D eigenvalue weighted by Gasteiger charge is -2.07. The van der Waals surface area contributed by atoms with Gasteiger partial charge in [0.25, 0.3) is 5.91 Å². The number of aromatic carboxylic acids is 1. The van der Waals surface area contributed by atoms with Crippen molar-refractivity contribution in [1.29, 1.82) is 0 Å². The van der Waals surface area contributed by atoms with Gasteiger partial charge in [0.2, 0.25) is 0 Å². The Balaban J connectivity index is 1.95. The van der Waals surface area contributed by atoms with Crippen molar-refractivity contribution in [2.75, 3.05) is 11.9 Å². The molecule has 0 saturated heterocycles. The first kappa shape index (κ1) is 15.3. The van der Waals surface area contributed by atoms with Crippen LogP contribution in [0.1, 0.15) is 16.1 Å². The van der Waals surface area contributed by atoms with E-state index in [-0.39, 0.29) is 28.8 Å². The molecular formula is C13H11ClN2O4S. The van der Waals surface area contributed by atoms with Crippen LogP contribution in [0.2, 0.25) is 5.02 Å². The number of anilines is 1. The van der Waals surface area contributed by atoms with E-state index in [0.29, 0.717) is 5.13 Å². The molecule has 1 amide bonds. The van der Waals surface area contributed by atoms with Crippen LogP contribution in [0, 0.1) is 6.92 Å². The average Bonchev–Trinajstić information content (AvgIpc) is 2.82. The zero-order valence-corrected chi connectivity index (χ0v) is 12.5. The fourth-order valence-corrected chi connectivity index (χ4v) is 2.38. The summed E-state index contributed by atoms with van der Waals surface area (Å²) >= 11 is 7.06. The van der Waals surface area contributed by atoms with Crippen molar-refractivity contribution in [3.05, 3.63) is 39.9 Å². The van der Waals surface area contributed by atoms with Crippen LogP contribution in [0.25, 0.3) is 0 Å². The summed E-state index contributed by atoms with van der Waals surface area (Å²) in [5.41, 5.74) is 0.741. The van der Waals surface area contributed by atoms with E-state index in [4.69, 9.17) is 21.4 Å². The second kappa shape index (κ2) is 6.55. The minimum Gasteiger partial charge on any atom is -0.484 e. The number of aromatic nitrogens is 1. The summed E-state index contributed by atoms with van der Waals surface area (Å²) in [5.74, 6) is -1.29. The number of nitrogens with one attached hydrogen (secondary N) is 1. The maximum absolute atomic E-state index is 11.7. The maximum atomic E-state index is 11.7. The second-order valence-corrected chi connectivity index (χ2v) is 5.34. The van der Waals surface area contributed by atoms with Gasteiger partial charge in [0.15, 0.2) is 11.7 Å². The molecule has 1 aromatic carbocycles. The third-order valence-electron chi connectivity index (χ3n) is 2.40. The minimum atomic E-state index is -1.16. The summed E-state index contributed by atoms with van der Waals surface area (Å²) in [7, 11) is 0. The number of hydrogen-bond acceptors (Lipinski definition) is 5. The van der Waals surface area contributed by atoms with E-state index >= 15 is 0 Å². The first-order valence-electron chi connectivity index (χ1n) is 5.83. The molecule has 0 atom stereocenters. The van der Waals surface area contributed by atoms with Crippen LogP contribution in [-0.2, 0) is 4.79 Å². The maximum Gasteiger partial charge on any atom is 0.337 e. The number of carboxylic acids is 1. The molecule has 0 fully saturated rings. The first-order valence-corrected chi connectivity index (χ1v) is 7.09. The number of nitrogens with zero attached hydrogens (tertiary/aromatic N) is 1. The monoisotopic (exact) mass is 326 g/mol. The number of carbonyl (C=O) groups is 2. The highest BCUT2D eigenvalue weighted by Gasteiger charge is 2.11. The van der Waals surface area contributed by atoms with Crippen molar-refractivity contribution in [3.63, 3.8) is 0 Å². The lowest BCUT2D eigenvalue weighted by atomic mass is 10.2. The Morgan fingerprint density at radius 3 is 2.86 bits per heavy atom. The van der Waals surface area contributed by atoms with Gasteiger partial charge < -0.3 is 9.84 Å². The Labute approximate surface area is 129 Å². The van der Waals surface area contributed by atoms with Crippen molar-refractivity contribution >= 4 is 39.9 Å². The lowest BCUT2D eigenvalue weighted by Crippen LogP contribution is -2.20. The molecule has 0 aliphatic carbocycles. The normalized spacial score (nSPS) is 10.2. The summed E-state index contributed by atoms with van der Waals surface area (Å²) in [4.78, 5) is 26.7. The Morgan fingerprint density at radius 1 is 1.48 bits per heavy atom. The zero-order chi connectivity index (χ0) is 15.4. The Morgan fingerprint density at radius 2 is 2.24 bits per heavy atom. The first-order chi connectivity index (χ1) is 9.95. The van der Waals surface area contributed by atoms with Crippen LogP contribution < -0.4 is 10.1 Å². The smallest absolute Gasteiger partial charge is 0.337 e. The molecule has 0 radical (unpaired) electrons. The summed E-state index contributed by atoms with van der Waals surface area (Å²) in [6.07, 6.45) is 0. The molecule has 2 rings (SSSR count). The van der Waals surface area contributed by atoms with Gasteiger partial charge in [-0.25, -0.2) is 9.78 Å². The number of hydrogen-bond donors (Lipinski definition) is 2. The number of thiazole rings is 1. The predicted molar refractivity (Wildman–Crippen MR) is 79.4 cm³/mol. The molecule has 0 spiro atoms. The van der Waals surface area contributed by atoms with Gasteiger partial charge in [-0.3, -0.25) is 10.1 Å². The molecule has 0 bridgehead atoms. The molecule has 0 unspecified atom stereocenters. The Hall–Kier alpha value is -2.12. The number of aryl methyl sites for hydroxylation is 1. The van der Waals surface area contributed by atoms with Gasteiger partial charge in [-0.05, 0) is 25.1 Å². The number of rotatable bonds is 5. The molecule has 0 aliphatic heterocycles. The SMILES string of the molecule is Cc1csc(NC(=O)COc2ccc(Cl)c(C(=O)O)c2)n1. The molecular weight excluding hydrogens is 316 g/mol. The molecule has 0 aliphatic rings. The van der Waals surface area contributed by atoms with Gasteiger partial charge in [-0.1, -0.05) is 11.6 Å². The number of halogens is 1. The van der Waals surface area contributed by atoms with E-state index in [1.807, 2.05) is 12.3 Å². The van der Waals surface area contributed by atoms with Gasteiger partial charge in [-0.15, -0.1) is 11.3 Å². The van der Waals surface area contributed by atoms with Crippen molar-refractivity contribution in [3.8, 4) is 5.75 Å². The molecule has 1 heterocycles. The second-order valence-electron chi connectivity index (χ2n) is 4.08. The quantitative estimate of drug-likeness (QED) is 0.882. The number of carbonyl (C=O) groups excluding carboxylic acids is 1. The number of benzene rings is 1. The Bertz CT molecular complexity index is 687. The van der Waals surface area contributed by atoms with Gasteiger partial charge in [0.1, 0.15) is 5.75 Å². The summed E-state index contributed by atoms with van der Waals surface area (Å²) in [6.45, 7) is 1.57. The van der Waals surface area contributed by atoms with Gasteiger partial charge in [-0.2, -0.15) is 0 Å². The van der Waals surface area contributed by atoms with Crippen LogP contribution in [0.4, 0.5) is 5.13 Å². The largest absolute Gasteiger partial charge is 0.484 e. The van der Waals surface area contributed by atoms with Crippen LogP contribution >= 0.6 is 22.9 Å². The molecule has 2 aromatic rings. The van der Waals surface area contributed by atoms with E-state index in [0.717, 1.165) is 5.69 Å². The van der Waals surface area contributed by atoms with E-state index in [1.165, 1.54) is 29.5 Å². The molecule has 2 N–H and O–H groups in total. The van der Waals surface area contributed by atoms with Crippen LogP contribution in [0.3, 0.4) is 0 Å². The van der Waals surface area contributed by atoms with E-state index in [1.54, 1.807) is 0 Å². The molecule has 0 saturated carbocycles. The number of amides is 1. The van der Waals surface area contributed by atoms with E-state index in [2.05, 4.69) is 10.3 Å². The van der Waals surface area contributed by atoms with Gasteiger partial charge in [0.05, 0.1) is 16.3 Å². The molecule has 8 heteroatoms. The fourth-order valence-electron chi connectivity index (χ4n) is 1.47. The highest BCUT2D eigenvalue weighted by Crippen LogP contribution is 2.22. The molecule has 110 valence electrons. The standard InChI is InChI=1S/C13H11ClN2O4S/c1-7-6-21-13(15-7)16-11(17)5-20-8-2-3-10(14)9(4-8)12(18)19/h2-4,6H,5H2,1H3,(H,18,19)(H,15,16,17). The lowest BCUT2D eigenvalue weighted by molar-refractivity contribution is -0.118.